The molecular weight excluding hydrogens is 181 g/mol. The maximum absolute atomic E-state index is 13.3. The highest BCUT2D eigenvalue weighted by atomic mass is 19.1. The number of fused-ring (bicyclic) bond motifs is 1. The fourth-order valence-corrected chi connectivity index (χ4v) is 3.14. The molecule has 0 radical (unpaired) electrons. The molecule has 2 heterocycles. The van der Waals surface area contributed by atoms with Crippen molar-refractivity contribution >= 4 is 5.78 Å². The van der Waals surface area contributed by atoms with E-state index in [1.165, 1.54) is 0 Å². The molecule has 0 bridgehead atoms. The van der Waals surface area contributed by atoms with Crippen LogP contribution in [0.15, 0.2) is 0 Å². The summed E-state index contributed by atoms with van der Waals surface area (Å²) in [5.41, 5.74) is -0.120. The Balaban J connectivity index is 2.16. The molecule has 0 amide bonds. The first-order chi connectivity index (χ1) is 6.52. The molecule has 0 saturated carbocycles. The molecule has 0 spiro atoms. The van der Waals surface area contributed by atoms with E-state index in [0.29, 0.717) is 31.8 Å². The molecule has 0 unspecified atom stereocenters. The van der Waals surface area contributed by atoms with E-state index < -0.39 is 6.17 Å². The molecule has 2 aliphatic rings. The Morgan fingerprint density at radius 2 is 2.36 bits per heavy atom. The minimum atomic E-state index is -0.721. The molecule has 2 aliphatic heterocycles. The second-order valence-electron chi connectivity index (χ2n) is 5.22. The molecule has 3 heteroatoms. The molecule has 0 aliphatic carbocycles. The van der Waals surface area contributed by atoms with E-state index in [1.807, 2.05) is 0 Å². The lowest BCUT2D eigenvalue weighted by molar-refractivity contribution is -0.117. The van der Waals surface area contributed by atoms with Crippen molar-refractivity contribution in [3.05, 3.63) is 0 Å². The third-order valence-corrected chi connectivity index (χ3v) is 3.37. The van der Waals surface area contributed by atoms with E-state index in [4.69, 9.17) is 0 Å². The summed E-state index contributed by atoms with van der Waals surface area (Å²) in [5.74, 6) is 0.825. The van der Waals surface area contributed by atoms with Gasteiger partial charge in [0.2, 0.25) is 0 Å². The number of nitrogens with zero attached hydrogens (tertiary/aromatic N) is 1. The van der Waals surface area contributed by atoms with Crippen LogP contribution in [-0.2, 0) is 4.79 Å². The lowest BCUT2D eigenvalue weighted by atomic mass is 9.85. The van der Waals surface area contributed by atoms with E-state index in [9.17, 15) is 9.18 Å². The maximum atomic E-state index is 13.3. The van der Waals surface area contributed by atoms with Crippen molar-refractivity contribution < 1.29 is 9.18 Å². The Morgan fingerprint density at radius 3 is 3.00 bits per heavy atom. The smallest absolute Gasteiger partial charge is 0.148 e. The Labute approximate surface area is 84.5 Å². The fourth-order valence-electron chi connectivity index (χ4n) is 3.14. The zero-order valence-corrected chi connectivity index (χ0v) is 8.92. The quantitative estimate of drug-likeness (QED) is 0.675. The number of halogens is 1. The van der Waals surface area contributed by atoms with Crippen molar-refractivity contribution in [1.29, 1.82) is 0 Å². The number of rotatable bonds is 2. The molecule has 2 atom stereocenters. The van der Waals surface area contributed by atoms with Gasteiger partial charge in [0.25, 0.3) is 0 Å². The third kappa shape index (κ3) is 1.58. The number of hydrogen-bond donors (Lipinski definition) is 0. The first kappa shape index (κ1) is 10.1. The number of ketones is 1. The average molecular weight is 199 g/mol. The predicted molar refractivity (Wildman–Crippen MR) is 52.9 cm³/mol. The number of alkyl halides is 1. The second kappa shape index (κ2) is 3.30. The van der Waals surface area contributed by atoms with Crippen LogP contribution < -0.4 is 0 Å². The fraction of sp³-hybridized carbons (Fsp3) is 0.909. The predicted octanol–water partition coefficient (Wildman–Crippen LogP) is 1.79. The van der Waals surface area contributed by atoms with Crippen molar-refractivity contribution in [3.63, 3.8) is 0 Å². The molecule has 2 nitrogen and oxygen atoms in total. The van der Waals surface area contributed by atoms with Gasteiger partial charge in [-0.05, 0) is 18.8 Å². The molecule has 0 aromatic heterocycles. The van der Waals surface area contributed by atoms with Gasteiger partial charge in [0, 0.05) is 18.5 Å². The van der Waals surface area contributed by atoms with Crippen LogP contribution in [0.25, 0.3) is 0 Å². The molecule has 0 aromatic carbocycles. The Hall–Kier alpha value is -0.440. The van der Waals surface area contributed by atoms with Gasteiger partial charge in [-0.15, -0.1) is 0 Å². The summed E-state index contributed by atoms with van der Waals surface area (Å²) in [7, 11) is 0. The van der Waals surface area contributed by atoms with Gasteiger partial charge in [-0.2, -0.15) is 0 Å². The van der Waals surface area contributed by atoms with Gasteiger partial charge in [0.15, 0.2) is 0 Å². The Kier molecular flexibility index (Phi) is 2.38. The normalized spacial score (nSPS) is 38.3. The summed E-state index contributed by atoms with van der Waals surface area (Å²) < 4.78 is 13.3. The highest BCUT2D eigenvalue weighted by Crippen LogP contribution is 2.42. The van der Waals surface area contributed by atoms with Gasteiger partial charge < -0.3 is 0 Å². The summed E-state index contributed by atoms with van der Waals surface area (Å²) in [4.78, 5) is 13.5. The van der Waals surface area contributed by atoms with Gasteiger partial charge in [-0.25, -0.2) is 4.39 Å². The molecule has 2 fully saturated rings. The number of carbonyl (C=O) groups is 1. The van der Waals surface area contributed by atoms with Crippen molar-refractivity contribution in [2.45, 2.75) is 44.8 Å². The van der Waals surface area contributed by atoms with Crippen LogP contribution in [0, 0.1) is 5.92 Å². The van der Waals surface area contributed by atoms with Crippen molar-refractivity contribution in [3.8, 4) is 0 Å². The lowest BCUT2D eigenvalue weighted by Gasteiger charge is -2.32. The van der Waals surface area contributed by atoms with Crippen LogP contribution in [0.2, 0.25) is 0 Å². The van der Waals surface area contributed by atoms with Crippen molar-refractivity contribution in [2.75, 3.05) is 13.1 Å². The lowest BCUT2D eigenvalue weighted by Crippen LogP contribution is -2.39. The summed E-state index contributed by atoms with van der Waals surface area (Å²) in [6.45, 7) is 5.23. The number of Topliss-reactive ketones (excluding diaryl/α,β-unsaturated/α-hetero) is 1. The first-order valence-corrected chi connectivity index (χ1v) is 5.43. The van der Waals surface area contributed by atoms with Crippen LogP contribution in [0.4, 0.5) is 4.39 Å². The van der Waals surface area contributed by atoms with Gasteiger partial charge in [-0.3, -0.25) is 9.69 Å². The Morgan fingerprint density at radius 1 is 1.64 bits per heavy atom. The number of carbonyl (C=O) groups excluding carboxylic acids is 1. The molecule has 2 saturated heterocycles. The minimum Gasteiger partial charge on any atom is -0.298 e. The highest BCUT2D eigenvalue weighted by molar-refractivity contribution is 5.84. The first-order valence-electron chi connectivity index (χ1n) is 5.43. The Bertz CT molecular complexity index is 254. The maximum Gasteiger partial charge on any atom is 0.148 e. The van der Waals surface area contributed by atoms with Crippen LogP contribution >= 0.6 is 0 Å². The summed E-state index contributed by atoms with van der Waals surface area (Å²) >= 11 is 0. The van der Waals surface area contributed by atoms with Gasteiger partial charge in [0.05, 0.1) is 6.54 Å². The van der Waals surface area contributed by atoms with Gasteiger partial charge in [-0.1, -0.05) is 13.8 Å². The topological polar surface area (TPSA) is 20.3 Å². The van der Waals surface area contributed by atoms with E-state index in [1.54, 1.807) is 0 Å². The van der Waals surface area contributed by atoms with Gasteiger partial charge >= 0.3 is 0 Å². The summed E-state index contributed by atoms with van der Waals surface area (Å²) in [6.07, 6.45) is 1.38. The zero-order valence-electron chi connectivity index (χ0n) is 8.92. The van der Waals surface area contributed by atoms with E-state index in [0.717, 1.165) is 6.42 Å². The van der Waals surface area contributed by atoms with Crippen molar-refractivity contribution in [1.82, 2.24) is 4.90 Å². The van der Waals surface area contributed by atoms with Crippen LogP contribution in [-0.4, -0.2) is 35.5 Å². The molecule has 80 valence electrons. The third-order valence-electron chi connectivity index (χ3n) is 3.37. The summed E-state index contributed by atoms with van der Waals surface area (Å²) in [5, 5.41) is 0. The zero-order chi connectivity index (χ0) is 10.3. The highest BCUT2D eigenvalue weighted by Gasteiger charge is 2.51. The van der Waals surface area contributed by atoms with Crippen LogP contribution in [0.1, 0.15) is 33.1 Å². The largest absolute Gasteiger partial charge is 0.298 e. The van der Waals surface area contributed by atoms with Crippen LogP contribution in [0.5, 0.6) is 0 Å². The molecule has 2 rings (SSSR count). The van der Waals surface area contributed by atoms with E-state index >= 15 is 0 Å². The summed E-state index contributed by atoms with van der Waals surface area (Å²) in [6, 6.07) is 0. The monoisotopic (exact) mass is 199 g/mol. The standard InChI is InChI=1S/C11H18FNO/c1-8(2)3-11-4-9(12)6-13(11)7-10(14)5-11/h8-9H,3-7H2,1-2H3/t9-,11-/m1/s1. The van der Waals surface area contributed by atoms with Gasteiger partial charge in [0.1, 0.15) is 12.0 Å². The molecule has 14 heavy (non-hydrogen) atoms. The van der Waals surface area contributed by atoms with Crippen molar-refractivity contribution in [2.24, 2.45) is 5.92 Å². The molecular formula is C11H18FNO. The SMILES string of the molecule is CC(C)C[C@@]12CC(=O)CN1C[C@H](F)C2. The molecule has 0 N–H and O–H groups in total. The minimum absolute atomic E-state index is 0.120. The van der Waals surface area contributed by atoms with E-state index in [2.05, 4.69) is 18.7 Å². The molecule has 0 aromatic rings. The second-order valence-corrected chi connectivity index (χ2v) is 5.22. The van der Waals surface area contributed by atoms with Crippen LogP contribution in [0.3, 0.4) is 0 Å². The number of hydrogen-bond acceptors (Lipinski definition) is 2. The van der Waals surface area contributed by atoms with E-state index in [-0.39, 0.29) is 11.3 Å². The average Bonchev–Trinajstić information content (AvgIpc) is 2.36.